The quantitative estimate of drug-likeness (QED) is 0.772. The number of rotatable bonds is 8. The third-order valence-electron chi connectivity index (χ3n) is 3.68. The second kappa shape index (κ2) is 8.92. The largest absolute Gasteiger partial charge is 0.494 e. The van der Waals surface area contributed by atoms with E-state index in [9.17, 15) is 9.59 Å². The number of nitrogens with one attached hydrogen (secondary N) is 2. The van der Waals surface area contributed by atoms with Gasteiger partial charge in [0.25, 0.3) is 5.91 Å². The second-order valence-corrected chi connectivity index (χ2v) is 5.95. The highest BCUT2D eigenvalue weighted by molar-refractivity contribution is 5.97. The van der Waals surface area contributed by atoms with Crippen molar-refractivity contribution in [2.45, 2.75) is 33.4 Å². The maximum absolute atomic E-state index is 12.4. The van der Waals surface area contributed by atoms with Crippen LogP contribution in [0.4, 0.5) is 0 Å². The molecule has 134 valence electrons. The molecule has 0 saturated heterocycles. The predicted octanol–water partition coefficient (Wildman–Crippen LogP) is 2.75. The highest BCUT2D eigenvalue weighted by Gasteiger charge is 2.24. The van der Waals surface area contributed by atoms with Crippen LogP contribution in [0.15, 0.2) is 47.1 Å². The van der Waals surface area contributed by atoms with Gasteiger partial charge in [-0.05, 0) is 49.2 Å². The molecule has 1 atom stereocenters. The molecule has 1 unspecified atom stereocenters. The number of carbonyl (C=O) groups excluding carboxylic acids is 2. The van der Waals surface area contributed by atoms with Crippen molar-refractivity contribution in [2.24, 2.45) is 5.92 Å². The zero-order chi connectivity index (χ0) is 18.2. The fourth-order valence-corrected chi connectivity index (χ4v) is 2.33. The lowest BCUT2D eigenvalue weighted by atomic mass is 10.0. The summed E-state index contributed by atoms with van der Waals surface area (Å²) < 4.78 is 10.6. The molecule has 0 spiro atoms. The molecule has 2 N–H and O–H groups in total. The summed E-state index contributed by atoms with van der Waals surface area (Å²) in [6.45, 7) is 6.52. The van der Waals surface area contributed by atoms with Crippen LogP contribution in [0.3, 0.4) is 0 Å². The summed E-state index contributed by atoms with van der Waals surface area (Å²) in [6, 6.07) is 9.74. The van der Waals surface area contributed by atoms with Crippen molar-refractivity contribution < 1.29 is 18.7 Å². The van der Waals surface area contributed by atoms with Crippen LogP contribution in [0, 0.1) is 5.92 Å². The highest BCUT2D eigenvalue weighted by atomic mass is 16.5. The van der Waals surface area contributed by atoms with Crippen molar-refractivity contribution in [3.05, 3.63) is 54.0 Å². The Labute approximate surface area is 147 Å². The van der Waals surface area contributed by atoms with Crippen LogP contribution in [-0.2, 0) is 11.3 Å². The molecule has 1 heterocycles. The summed E-state index contributed by atoms with van der Waals surface area (Å²) in [7, 11) is 0. The number of carbonyl (C=O) groups is 2. The van der Waals surface area contributed by atoms with Gasteiger partial charge in [-0.15, -0.1) is 0 Å². The molecule has 1 aromatic carbocycles. The van der Waals surface area contributed by atoms with Gasteiger partial charge in [0.15, 0.2) is 0 Å². The van der Waals surface area contributed by atoms with E-state index in [-0.39, 0.29) is 24.3 Å². The van der Waals surface area contributed by atoms with E-state index in [1.165, 1.54) is 0 Å². The van der Waals surface area contributed by atoms with Gasteiger partial charge < -0.3 is 19.8 Å². The third kappa shape index (κ3) is 5.38. The minimum absolute atomic E-state index is 0.0525. The van der Waals surface area contributed by atoms with Crippen LogP contribution in [0.2, 0.25) is 0 Å². The maximum Gasteiger partial charge on any atom is 0.251 e. The Morgan fingerprint density at radius 1 is 1.16 bits per heavy atom. The molecule has 2 rings (SSSR count). The van der Waals surface area contributed by atoms with Gasteiger partial charge in [0.2, 0.25) is 5.91 Å². The minimum Gasteiger partial charge on any atom is -0.494 e. The average Bonchev–Trinajstić information content (AvgIpc) is 3.11. The molecule has 0 aliphatic carbocycles. The first-order valence-electron chi connectivity index (χ1n) is 8.35. The number of benzene rings is 1. The predicted molar refractivity (Wildman–Crippen MR) is 94.3 cm³/mol. The first kappa shape index (κ1) is 18.6. The lowest BCUT2D eigenvalue weighted by Gasteiger charge is -2.21. The lowest BCUT2D eigenvalue weighted by Crippen LogP contribution is -2.49. The molecule has 0 saturated carbocycles. The molecule has 25 heavy (non-hydrogen) atoms. The van der Waals surface area contributed by atoms with Crippen molar-refractivity contribution >= 4 is 11.8 Å². The zero-order valence-electron chi connectivity index (χ0n) is 14.7. The van der Waals surface area contributed by atoms with Gasteiger partial charge in [0.05, 0.1) is 19.4 Å². The monoisotopic (exact) mass is 344 g/mol. The molecule has 0 radical (unpaired) electrons. The summed E-state index contributed by atoms with van der Waals surface area (Å²) in [4.78, 5) is 24.8. The van der Waals surface area contributed by atoms with Gasteiger partial charge >= 0.3 is 0 Å². The van der Waals surface area contributed by atoms with Crippen molar-refractivity contribution in [3.8, 4) is 5.75 Å². The molecule has 0 aliphatic rings. The maximum atomic E-state index is 12.4. The van der Waals surface area contributed by atoms with Gasteiger partial charge in [0.1, 0.15) is 17.6 Å². The Morgan fingerprint density at radius 2 is 1.88 bits per heavy atom. The highest BCUT2D eigenvalue weighted by Crippen LogP contribution is 2.13. The Kier molecular flexibility index (Phi) is 6.62. The first-order chi connectivity index (χ1) is 12.0. The van der Waals surface area contributed by atoms with Crippen molar-refractivity contribution in [1.82, 2.24) is 10.6 Å². The van der Waals surface area contributed by atoms with Crippen molar-refractivity contribution in [2.75, 3.05) is 6.61 Å². The van der Waals surface area contributed by atoms with Crippen LogP contribution >= 0.6 is 0 Å². The number of furan rings is 1. The van der Waals surface area contributed by atoms with E-state index in [2.05, 4.69) is 10.6 Å². The van der Waals surface area contributed by atoms with Gasteiger partial charge in [0, 0.05) is 5.56 Å². The Balaban J connectivity index is 1.97. The van der Waals surface area contributed by atoms with E-state index in [1.54, 1.807) is 42.7 Å². The van der Waals surface area contributed by atoms with E-state index >= 15 is 0 Å². The molecule has 6 heteroatoms. The fourth-order valence-electron chi connectivity index (χ4n) is 2.33. The van der Waals surface area contributed by atoms with E-state index < -0.39 is 6.04 Å². The van der Waals surface area contributed by atoms with Crippen LogP contribution < -0.4 is 15.4 Å². The summed E-state index contributed by atoms with van der Waals surface area (Å²) >= 11 is 0. The van der Waals surface area contributed by atoms with E-state index in [0.29, 0.717) is 23.7 Å². The molecular formula is C19H24N2O4. The molecule has 6 nitrogen and oxygen atoms in total. The van der Waals surface area contributed by atoms with Crippen LogP contribution in [0.25, 0.3) is 0 Å². The van der Waals surface area contributed by atoms with Gasteiger partial charge in [-0.3, -0.25) is 9.59 Å². The van der Waals surface area contributed by atoms with Crippen molar-refractivity contribution in [3.63, 3.8) is 0 Å². The molecule has 1 aromatic heterocycles. The van der Waals surface area contributed by atoms with Crippen LogP contribution in [0.5, 0.6) is 5.75 Å². The number of ether oxygens (including phenoxy) is 1. The summed E-state index contributed by atoms with van der Waals surface area (Å²) in [5.74, 6) is 0.771. The van der Waals surface area contributed by atoms with Gasteiger partial charge in [-0.2, -0.15) is 0 Å². The normalized spacial score (nSPS) is 11.8. The lowest BCUT2D eigenvalue weighted by molar-refractivity contribution is -0.124. The Morgan fingerprint density at radius 3 is 2.44 bits per heavy atom. The molecule has 0 aliphatic heterocycles. The standard InChI is InChI=1S/C19H24N2O4/c1-4-24-15-9-7-14(8-10-15)18(22)21-17(13(2)3)19(23)20-12-16-6-5-11-25-16/h5-11,13,17H,4,12H2,1-3H3,(H,20,23)(H,21,22). The number of hydrogen-bond donors (Lipinski definition) is 2. The molecule has 2 amide bonds. The summed E-state index contributed by atoms with van der Waals surface area (Å²) in [5.41, 5.74) is 0.480. The zero-order valence-corrected chi connectivity index (χ0v) is 14.7. The van der Waals surface area contributed by atoms with Crippen LogP contribution in [0.1, 0.15) is 36.9 Å². The molecule has 0 fully saturated rings. The minimum atomic E-state index is -0.631. The summed E-state index contributed by atoms with van der Waals surface area (Å²) in [6.07, 6.45) is 1.55. The first-order valence-corrected chi connectivity index (χ1v) is 8.35. The SMILES string of the molecule is CCOc1ccc(C(=O)NC(C(=O)NCc2ccco2)C(C)C)cc1. The topological polar surface area (TPSA) is 80.6 Å². The average molecular weight is 344 g/mol. The van der Waals surface area contributed by atoms with Crippen molar-refractivity contribution in [1.29, 1.82) is 0 Å². The molecular weight excluding hydrogens is 320 g/mol. The second-order valence-electron chi connectivity index (χ2n) is 5.95. The van der Waals surface area contributed by atoms with E-state index in [1.807, 2.05) is 20.8 Å². The Bertz CT molecular complexity index is 678. The van der Waals surface area contributed by atoms with Gasteiger partial charge in [-0.25, -0.2) is 0 Å². The smallest absolute Gasteiger partial charge is 0.251 e. The van der Waals surface area contributed by atoms with Crippen LogP contribution in [-0.4, -0.2) is 24.5 Å². The summed E-state index contributed by atoms with van der Waals surface area (Å²) in [5, 5.41) is 5.57. The van der Waals surface area contributed by atoms with Gasteiger partial charge in [-0.1, -0.05) is 13.8 Å². The van der Waals surface area contributed by atoms with E-state index in [0.717, 1.165) is 0 Å². The molecule has 0 bridgehead atoms. The third-order valence-corrected chi connectivity index (χ3v) is 3.68. The number of hydrogen-bond acceptors (Lipinski definition) is 4. The molecule has 2 aromatic rings. The van der Waals surface area contributed by atoms with E-state index in [4.69, 9.17) is 9.15 Å². The Hall–Kier alpha value is -2.76. The number of amides is 2. The fraction of sp³-hybridized carbons (Fsp3) is 0.368.